The van der Waals surface area contributed by atoms with Crippen molar-refractivity contribution in [3.8, 4) is 16.9 Å². The molecule has 4 nitrogen and oxygen atoms in total. The Hall–Kier alpha value is -2.01. The van der Waals surface area contributed by atoms with Crippen LogP contribution in [0.3, 0.4) is 0 Å². The summed E-state index contributed by atoms with van der Waals surface area (Å²) in [6, 6.07) is 5.98. The van der Waals surface area contributed by atoms with Gasteiger partial charge in [0.2, 0.25) is 0 Å². The molecule has 21 heavy (non-hydrogen) atoms. The zero-order valence-corrected chi connectivity index (χ0v) is 12.9. The van der Waals surface area contributed by atoms with Gasteiger partial charge in [-0.05, 0) is 43.0 Å². The summed E-state index contributed by atoms with van der Waals surface area (Å²) < 4.78 is 10.5. The molecular formula is C16H17NO3S. The van der Waals surface area contributed by atoms with Crippen LogP contribution in [0.25, 0.3) is 11.1 Å². The molecule has 2 aromatic rings. The van der Waals surface area contributed by atoms with E-state index in [4.69, 9.17) is 15.2 Å². The third kappa shape index (κ3) is 2.27. The summed E-state index contributed by atoms with van der Waals surface area (Å²) in [7, 11) is 1.64. The van der Waals surface area contributed by atoms with Crippen molar-refractivity contribution in [3.63, 3.8) is 0 Å². The summed E-state index contributed by atoms with van der Waals surface area (Å²) in [4.78, 5) is 13.4. The van der Waals surface area contributed by atoms with Crippen molar-refractivity contribution in [2.24, 2.45) is 0 Å². The third-order valence-electron chi connectivity index (χ3n) is 3.70. The topological polar surface area (TPSA) is 61.5 Å². The van der Waals surface area contributed by atoms with Gasteiger partial charge in [-0.25, -0.2) is 4.79 Å². The monoisotopic (exact) mass is 303 g/mol. The van der Waals surface area contributed by atoms with E-state index in [1.807, 2.05) is 12.1 Å². The first-order valence-corrected chi connectivity index (χ1v) is 7.72. The molecule has 5 heteroatoms. The molecule has 1 aliphatic carbocycles. The van der Waals surface area contributed by atoms with Gasteiger partial charge in [0, 0.05) is 10.4 Å². The number of nitrogen functional groups attached to an aromatic ring is 1. The number of nitrogens with two attached hydrogens (primary N) is 1. The maximum Gasteiger partial charge on any atom is 0.341 e. The minimum Gasteiger partial charge on any atom is -0.497 e. The number of methoxy groups -OCH3 is 1. The lowest BCUT2D eigenvalue weighted by Crippen LogP contribution is -2.10. The highest BCUT2D eigenvalue weighted by Gasteiger charge is 2.28. The van der Waals surface area contributed by atoms with Crippen LogP contribution < -0.4 is 10.5 Å². The van der Waals surface area contributed by atoms with Crippen molar-refractivity contribution < 1.29 is 14.3 Å². The minimum absolute atomic E-state index is 0.341. The zero-order chi connectivity index (χ0) is 15.0. The van der Waals surface area contributed by atoms with E-state index in [9.17, 15) is 4.79 Å². The Morgan fingerprint density at radius 1 is 1.38 bits per heavy atom. The van der Waals surface area contributed by atoms with Gasteiger partial charge >= 0.3 is 5.97 Å². The molecular weight excluding hydrogens is 286 g/mol. The van der Waals surface area contributed by atoms with E-state index in [1.54, 1.807) is 14.0 Å². The van der Waals surface area contributed by atoms with E-state index >= 15 is 0 Å². The smallest absolute Gasteiger partial charge is 0.341 e. The first-order chi connectivity index (χ1) is 10.2. The fourth-order valence-corrected chi connectivity index (χ4v) is 3.82. The lowest BCUT2D eigenvalue weighted by Gasteiger charge is -2.18. The van der Waals surface area contributed by atoms with Crippen LogP contribution in [0.4, 0.5) is 5.00 Å². The Morgan fingerprint density at radius 2 is 2.19 bits per heavy atom. The van der Waals surface area contributed by atoms with E-state index < -0.39 is 0 Å². The highest BCUT2D eigenvalue weighted by molar-refractivity contribution is 7.17. The average molecular weight is 303 g/mol. The predicted octanol–water partition coefficient (Wildman–Crippen LogP) is 3.28. The quantitative estimate of drug-likeness (QED) is 0.884. The van der Waals surface area contributed by atoms with Crippen LogP contribution in [0.1, 0.15) is 27.7 Å². The molecule has 3 rings (SSSR count). The Bertz CT molecular complexity index is 706. The summed E-state index contributed by atoms with van der Waals surface area (Å²) in [5.74, 6) is 0.435. The van der Waals surface area contributed by atoms with Crippen LogP contribution in [0, 0.1) is 0 Å². The van der Waals surface area contributed by atoms with Gasteiger partial charge in [0.15, 0.2) is 0 Å². The number of ether oxygens (including phenoxy) is 2. The molecule has 2 N–H and O–H groups in total. The van der Waals surface area contributed by atoms with Gasteiger partial charge in [-0.1, -0.05) is 6.07 Å². The first kappa shape index (κ1) is 13.9. The molecule has 1 aromatic carbocycles. The minimum atomic E-state index is -0.344. The molecule has 0 unspecified atom stereocenters. The van der Waals surface area contributed by atoms with Gasteiger partial charge in [0.1, 0.15) is 16.3 Å². The second kappa shape index (κ2) is 5.41. The molecule has 0 radical (unpaired) electrons. The zero-order valence-electron chi connectivity index (χ0n) is 12.1. The Balaban J connectivity index is 2.20. The summed E-state index contributed by atoms with van der Waals surface area (Å²) in [6.07, 6.45) is 1.86. The first-order valence-electron chi connectivity index (χ1n) is 6.91. The SMILES string of the molecule is CCOC(=O)c1c(N)sc2c1-c1cc(OC)ccc1CC2. The fourth-order valence-electron chi connectivity index (χ4n) is 2.75. The third-order valence-corrected chi connectivity index (χ3v) is 4.77. The molecule has 110 valence electrons. The van der Waals surface area contributed by atoms with Gasteiger partial charge in [-0.15, -0.1) is 11.3 Å². The standard InChI is InChI=1S/C16H17NO3S/c1-3-20-16(18)14-13-11-8-10(19-2)6-4-9(11)5-7-12(13)21-15(14)17/h4,6,8H,3,5,7,17H2,1-2H3. The van der Waals surface area contributed by atoms with Gasteiger partial charge in [0.05, 0.1) is 13.7 Å². The predicted molar refractivity (Wildman–Crippen MR) is 84.1 cm³/mol. The molecule has 0 aliphatic heterocycles. The van der Waals surface area contributed by atoms with Crippen LogP contribution >= 0.6 is 11.3 Å². The van der Waals surface area contributed by atoms with Gasteiger partial charge in [-0.3, -0.25) is 0 Å². The summed E-state index contributed by atoms with van der Waals surface area (Å²) in [5.41, 5.74) is 9.75. The van der Waals surface area contributed by atoms with Crippen molar-refractivity contribution >= 4 is 22.3 Å². The number of carbonyl (C=O) groups is 1. The van der Waals surface area contributed by atoms with E-state index in [-0.39, 0.29) is 5.97 Å². The highest BCUT2D eigenvalue weighted by Crippen LogP contribution is 2.45. The number of fused-ring (bicyclic) bond motifs is 3. The lowest BCUT2D eigenvalue weighted by molar-refractivity contribution is 0.0529. The molecule has 1 aromatic heterocycles. The van der Waals surface area contributed by atoms with Crippen LogP contribution in [0.15, 0.2) is 18.2 Å². The summed E-state index contributed by atoms with van der Waals surface area (Å²) in [6.45, 7) is 2.14. The Kier molecular flexibility index (Phi) is 3.59. The summed E-state index contributed by atoms with van der Waals surface area (Å²) >= 11 is 1.48. The van der Waals surface area contributed by atoms with E-state index in [0.29, 0.717) is 17.2 Å². The average Bonchev–Trinajstić information content (AvgIpc) is 2.83. The maximum atomic E-state index is 12.2. The number of hydrogen-bond donors (Lipinski definition) is 1. The van der Waals surface area contributed by atoms with E-state index in [0.717, 1.165) is 34.6 Å². The van der Waals surface area contributed by atoms with Crippen LogP contribution in [-0.4, -0.2) is 19.7 Å². The maximum absolute atomic E-state index is 12.2. The number of thiophene rings is 1. The van der Waals surface area contributed by atoms with E-state index in [1.165, 1.54) is 16.9 Å². The Morgan fingerprint density at radius 3 is 2.90 bits per heavy atom. The van der Waals surface area contributed by atoms with Crippen molar-refractivity contribution in [2.45, 2.75) is 19.8 Å². The molecule has 1 aliphatic rings. The van der Waals surface area contributed by atoms with Gasteiger partial charge < -0.3 is 15.2 Å². The molecule has 0 bridgehead atoms. The van der Waals surface area contributed by atoms with Crippen molar-refractivity contribution in [1.29, 1.82) is 0 Å². The molecule has 1 heterocycles. The molecule has 0 saturated heterocycles. The largest absolute Gasteiger partial charge is 0.497 e. The molecule has 0 amide bonds. The highest BCUT2D eigenvalue weighted by atomic mass is 32.1. The number of hydrogen-bond acceptors (Lipinski definition) is 5. The van der Waals surface area contributed by atoms with Crippen LogP contribution in [0.2, 0.25) is 0 Å². The fraction of sp³-hybridized carbons (Fsp3) is 0.312. The van der Waals surface area contributed by atoms with Crippen LogP contribution in [-0.2, 0) is 17.6 Å². The lowest BCUT2D eigenvalue weighted by atomic mass is 9.88. The number of rotatable bonds is 3. The number of esters is 1. The number of benzene rings is 1. The van der Waals surface area contributed by atoms with Crippen molar-refractivity contribution in [1.82, 2.24) is 0 Å². The molecule has 0 fully saturated rings. The molecule has 0 atom stereocenters. The number of anilines is 1. The van der Waals surface area contributed by atoms with Crippen LogP contribution in [0.5, 0.6) is 5.75 Å². The van der Waals surface area contributed by atoms with E-state index in [2.05, 4.69) is 6.07 Å². The number of aryl methyl sites for hydroxylation is 2. The second-order valence-corrected chi connectivity index (χ2v) is 6.02. The Labute approximate surface area is 127 Å². The second-order valence-electron chi connectivity index (χ2n) is 4.88. The molecule has 0 spiro atoms. The van der Waals surface area contributed by atoms with Gasteiger partial charge in [-0.2, -0.15) is 0 Å². The normalized spacial score (nSPS) is 12.5. The summed E-state index contributed by atoms with van der Waals surface area (Å²) in [5, 5.41) is 0.536. The van der Waals surface area contributed by atoms with Gasteiger partial charge in [0.25, 0.3) is 0 Å². The number of carbonyl (C=O) groups excluding carboxylic acids is 1. The van der Waals surface area contributed by atoms with Crippen molar-refractivity contribution in [3.05, 3.63) is 34.2 Å². The van der Waals surface area contributed by atoms with Crippen molar-refractivity contribution in [2.75, 3.05) is 19.5 Å². The molecule has 0 saturated carbocycles.